The number of halogens is 1. The van der Waals surface area contributed by atoms with E-state index in [0.717, 1.165) is 35.9 Å². The molecule has 0 spiro atoms. The summed E-state index contributed by atoms with van der Waals surface area (Å²) in [5.74, 6) is 1.22. The lowest BCUT2D eigenvalue weighted by Gasteiger charge is -2.17. The minimum absolute atomic E-state index is 0.0553. The monoisotopic (exact) mass is 402 g/mol. The molecular formula is C19H19ClN4O2S. The van der Waals surface area contributed by atoms with Gasteiger partial charge in [0.1, 0.15) is 5.75 Å². The lowest BCUT2D eigenvalue weighted by molar-refractivity contribution is 0.0937. The smallest absolute Gasteiger partial charge is 0.255 e. The Hall–Kier alpha value is -2.51. The maximum Gasteiger partial charge on any atom is 0.255 e. The number of hydrogen-bond acceptors (Lipinski definition) is 5. The van der Waals surface area contributed by atoms with Gasteiger partial charge in [-0.15, -0.1) is 11.3 Å². The van der Waals surface area contributed by atoms with Crippen molar-refractivity contribution in [3.8, 4) is 16.3 Å². The van der Waals surface area contributed by atoms with Crippen molar-refractivity contribution in [2.45, 2.75) is 12.5 Å². The van der Waals surface area contributed by atoms with Crippen molar-refractivity contribution < 1.29 is 9.53 Å². The quantitative estimate of drug-likeness (QED) is 0.680. The fourth-order valence-electron chi connectivity index (χ4n) is 3.23. The third-order valence-electron chi connectivity index (χ3n) is 4.61. The van der Waals surface area contributed by atoms with Gasteiger partial charge in [-0.25, -0.2) is 0 Å². The second-order valence-corrected chi connectivity index (χ2v) is 7.75. The molecule has 1 amide bonds. The predicted octanol–water partition coefficient (Wildman–Crippen LogP) is 3.81. The van der Waals surface area contributed by atoms with Crippen LogP contribution in [0.25, 0.3) is 10.6 Å². The molecule has 0 radical (unpaired) electrons. The van der Waals surface area contributed by atoms with Crippen LogP contribution in [0.15, 0.2) is 41.8 Å². The number of ether oxygens (including phenoxy) is 1. The van der Waals surface area contributed by atoms with Crippen LogP contribution in [0.5, 0.6) is 5.75 Å². The molecule has 1 atom stereocenters. The summed E-state index contributed by atoms with van der Waals surface area (Å²) < 4.78 is 5.27. The van der Waals surface area contributed by atoms with Crippen molar-refractivity contribution in [1.82, 2.24) is 15.5 Å². The summed E-state index contributed by atoms with van der Waals surface area (Å²) in [5, 5.41) is 13.2. The molecule has 0 bridgehead atoms. The Morgan fingerprint density at radius 2 is 2.30 bits per heavy atom. The molecular weight excluding hydrogens is 384 g/mol. The van der Waals surface area contributed by atoms with Crippen LogP contribution in [-0.4, -0.2) is 42.3 Å². The molecule has 1 fully saturated rings. The third kappa shape index (κ3) is 3.79. The highest BCUT2D eigenvalue weighted by Crippen LogP contribution is 2.28. The highest BCUT2D eigenvalue weighted by molar-refractivity contribution is 7.13. The van der Waals surface area contributed by atoms with E-state index in [1.54, 1.807) is 29.5 Å². The van der Waals surface area contributed by atoms with Crippen molar-refractivity contribution in [3.63, 3.8) is 0 Å². The Morgan fingerprint density at radius 3 is 3.07 bits per heavy atom. The van der Waals surface area contributed by atoms with Crippen LogP contribution in [0.3, 0.4) is 0 Å². The van der Waals surface area contributed by atoms with Crippen LogP contribution in [0.2, 0.25) is 5.02 Å². The molecule has 3 heterocycles. The number of nitrogens with zero attached hydrogens (tertiary/aromatic N) is 2. The van der Waals surface area contributed by atoms with Gasteiger partial charge in [-0.05, 0) is 36.1 Å². The molecule has 2 aromatic heterocycles. The second kappa shape index (κ2) is 7.62. The van der Waals surface area contributed by atoms with Gasteiger partial charge in [0.15, 0.2) is 5.82 Å². The van der Waals surface area contributed by atoms with Gasteiger partial charge in [-0.3, -0.25) is 9.89 Å². The number of aromatic nitrogens is 2. The van der Waals surface area contributed by atoms with E-state index in [9.17, 15) is 4.79 Å². The highest BCUT2D eigenvalue weighted by atomic mass is 35.5. The van der Waals surface area contributed by atoms with Gasteiger partial charge in [0, 0.05) is 30.2 Å². The van der Waals surface area contributed by atoms with Crippen LogP contribution < -0.4 is 15.0 Å². The lowest BCUT2D eigenvalue weighted by atomic mass is 10.1. The van der Waals surface area contributed by atoms with Gasteiger partial charge in [0.2, 0.25) is 0 Å². The van der Waals surface area contributed by atoms with Gasteiger partial charge in [-0.1, -0.05) is 17.7 Å². The number of nitrogens with one attached hydrogen (secondary N) is 2. The number of thiophene rings is 1. The van der Waals surface area contributed by atoms with E-state index >= 15 is 0 Å². The number of aromatic amines is 1. The number of methoxy groups -OCH3 is 1. The third-order valence-corrected chi connectivity index (χ3v) is 5.74. The lowest BCUT2D eigenvalue weighted by Crippen LogP contribution is -2.37. The zero-order valence-corrected chi connectivity index (χ0v) is 16.3. The second-order valence-electron chi connectivity index (χ2n) is 6.37. The summed E-state index contributed by atoms with van der Waals surface area (Å²) in [6.45, 7) is 1.56. The molecule has 1 aromatic carbocycles. The van der Waals surface area contributed by atoms with Crippen molar-refractivity contribution in [1.29, 1.82) is 0 Å². The molecule has 140 valence electrons. The van der Waals surface area contributed by atoms with Gasteiger partial charge in [0.05, 0.1) is 23.2 Å². The molecule has 3 aromatic rings. The Balaban J connectivity index is 1.41. The van der Waals surface area contributed by atoms with Crippen LogP contribution >= 0.6 is 22.9 Å². The maximum atomic E-state index is 12.6. The molecule has 1 saturated heterocycles. The highest BCUT2D eigenvalue weighted by Gasteiger charge is 2.27. The van der Waals surface area contributed by atoms with Crippen molar-refractivity contribution in [2.75, 3.05) is 25.1 Å². The Kier molecular flexibility index (Phi) is 5.05. The molecule has 0 aliphatic carbocycles. The largest absolute Gasteiger partial charge is 0.496 e. The number of rotatable bonds is 5. The summed E-state index contributed by atoms with van der Waals surface area (Å²) in [6, 6.07) is 11.2. The number of anilines is 1. The number of carbonyl (C=O) groups excluding carboxylic acids is 1. The minimum Gasteiger partial charge on any atom is -0.496 e. The number of carbonyl (C=O) groups is 1. The molecule has 4 rings (SSSR count). The standard InChI is InChI=1S/C19H19ClN4O2S/c1-26-16-9-12(20)4-5-14(16)19(25)21-13-6-7-24(11-13)18-10-15(22-23-18)17-3-2-8-27-17/h2-5,8-10,13H,6-7,11H2,1H3,(H,21,25)(H,22,23). The van der Waals surface area contributed by atoms with Crippen molar-refractivity contribution in [3.05, 3.63) is 52.4 Å². The summed E-state index contributed by atoms with van der Waals surface area (Å²) in [5.41, 5.74) is 1.50. The summed E-state index contributed by atoms with van der Waals surface area (Å²) in [7, 11) is 1.53. The molecule has 1 aliphatic heterocycles. The SMILES string of the molecule is COc1cc(Cl)ccc1C(=O)NC1CCN(c2cc(-c3cccs3)[nH]n2)C1. The van der Waals surface area contributed by atoms with Crippen molar-refractivity contribution >= 4 is 34.7 Å². The first-order valence-electron chi connectivity index (χ1n) is 8.62. The maximum absolute atomic E-state index is 12.6. The molecule has 2 N–H and O–H groups in total. The van der Waals surface area contributed by atoms with E-state index < -0.39 is 0 Å². The van der Waals surface area contributed by atoms with Crippen LogP contribution in [0.1, 0.15) is 16.8 Å². The summed E-state index contributed by atoms with van der Waals surface area (Å²) in [4.78, 5) is 16.0. The van der Waals surface area contributed by atoms with E-state index in [4.69, 9.17) is 16.3 Å². The molecule has 27 heavy (non-hydrogen) atoms. The van der Waals surface area contributed by atoms with E-state index in [-0.39, 0.29) is 11.9 Å². The van der Waals surface area contributed by atoms with Crippen LogP contribution in [0.4, 0.5) is 5.82 Å². The molecule has 0 saturated carbocycles. The zero-order valence-electron chi connectivity index (χ0n) is 14.7. The van der Waals surface area contributed by atoms with E-state index in [1.165, 1.54) is 7.11 Å². The average Bonchev–Trinajstić information content (AvgIpc) is 3.41. The number of hydrogen-bond donors (Lipinski definition) is 2. The Bertz CT molecular complexity index is 941. The summed E-state index contributed by atoms with van der Waals surface area (Å²) >= 11 is 7.64. The fourth-order valence-corrected chi connectivity index (χ4v) is 4.09. The van der Waals surface area contributed by atoms with Gasteiger partial charge in [0.25, 0.3) is 5.91 Å². The average molecular weight is 403 g/mol. The molecule has 6 nitrogen and oxygen atoms in total. The molecule has 1 aliphatic rings. The Labute approximate surface area is 166 Å². The topological polar surface area (TPSA) is 70.2 Å². The number of H-pyrrole nitrogens is 1. The first-order chi connectivity index (χ1) is 13.1. The van der Waals surface area contributed by atoms with Gasteiger partial charge >= 0.3 is 0 Å². The minimum atomic E-state index is -0.156. The first-order valence-corrected chi connectivity index (χ1v) is 9.88. The molecule has 8 heteroatoms. The fraction of sp³-hybridized carbons (Fsp3) is 0.263. The van der Waals surface area contributed by atoms with Crippen LogP contribution in [-0.2, 0) is 0 Å². The molecule has 1 unspecified atom stereocenters. The van der Waals surface area contributed by atoms with Gasteiger partial charge in [-0.2, -0.15) is 5.10 Å². The Morgan fingerprint density at radius 1 is 1.41 bits per heavy atom. The van der Waals surface area contributed by atoms with Crippen LogP contribution in [0, 0.1) is 0 Å². The van der Waals surface area contributed by atoms with E-state index in [1.807, 2.05) is 11.4 Å². The number of amides is 1. The summed E-state index contributed by atoms with van der Waals surface area (Å²) in [6.07, 6.45) is 0.864. The van der Waals surface area contributed by atoms with Gasteiger partial charge < -0.3 is 15.0 Å². The zero-order chi connectivity index (χ0) is 18.8. The first kappa shape index (κ1) is 17.9. The predicted molar refractivity (Wildman–Crippen MR) is 108 cm³/mol. The van der Waals surface area contributed by atoms with Crippen molar-refractivity contribution in [2.24, 2.45) is 0 Å². The normalized spacial score (nSPS) is 16.5. The van der Waals surface area contributed by atoms with E-state index in [0.29, 0.717) is 16.3 Å². The number of benzene rings is 1. The van der Waals surface area contributed by atoms with E-state index in [2.05, 4.69) is 32.5 Å².